The van der Waals surface area contributed by atoms with E-state index in [-0.39, 0.29) is 12.3 Å². The van der Waals surface area contributed by atoms with Crippen LogP contribution in [0.2, 0.25) is 0 Å². The number of hydrogen-bond acceptors (Lipinski definition) is 5. The first-order valence-corrected chi connectivity index (χ1v) is 8.26. The Hall–Kier alpha value is -2.18. The van der Waals surface area contributed by atoms with Crippen molar-refractivity contribution in [2.45, 2.75) is 32.4 Å². The Labute approximate surface area is 140 Å². The molecule has 0 aliphatic carbocycles. The van der Waals surface area contributed by atoms with Crippen LogP contribution in [0.4, 0.5) is 5.69 Å². The van der Waals surface area contributed by atoms with Crippen LogP contribution < -0.4 is 0 Å². The highest BCUT2D eigenvalue weighted by Crippen LogP contribution is 2.32. The zero-order valence-electron chi connectivity index (χ0n) is 13.7. The highest BCUT2D eigenvalue weighted by Gasteiger charge is 2.26. The molecule has 2 unspecified atom stereocenters. The Bertz CT molecular complexity index is 713. The summed E-state index contributed by atoms with van der Waals surface area (Å²) in [6.07, 6.45) is 2.11. The Morgan fingerprint density at radius 3 is 2.83 bits per heavy atom. The Balaban J connectivity index is 1.78. The van der Waals surface area contributed by atoms with Crippen molar-refractivity contribution in [2.75, 3.05) is 13.2 Å². The van der Waals surface area contributed by atoms with Crippen LogP contribution in [0, 0.1) is 16.0 Å². The number of nitro groups is 1. The summed E-state index contributed by atoms with van der Waals surface area (Å²) in [6, 6.07) is 10.7. The van der Waals surface area contributed by atoms with Crippen molar-refractivity contribution in [3.63, 3.8) is 0 Å². The fourth-order valence-electron chi connectivity index (χ4n) is 3.28. The van der Waals surface area contributed by atoms with Crippen LogP contribution in [-0.2, 0) is 6.54 Å². The second kappa shape index (κ2) is 7.15. The first-order valence-electron chi connectivity index (χ1n) is 8.26. The summed E-state index contributed by atoms with van der Waals surface area (Å²) in [5, 5.41) is 20.5. The van der Waals surface area contributed by atoms with Gasteiger partial charge in [0.05, 0.1) is 17.0 Å². The van der Waals surface area contributed by atoms with E-state index in [1.54, 1.807) is 24.3 Å². The number of furan rings is 1. The van der Waals surface area contributed by atoms with Crippen molar-refractivity contribution >= 4 is 5.69 Å². The molecule has 2 heterocycles. The molecule has 0 bridgehead atoms. The molecule has 0 spiro atoms. The molecule has 2 aromatic rings. The Morgan fingerprint density at radius 2 is 2.08 bits per heavy atom. The predicted octanol–water partition coefficient (Wildman–Crippen LogP) is 3.45. The summed E-state index contributed by atoms with van der Waals surface area (Å²) in [4.78, 5) is 13.1. The number of likely N-dealkylation sites (tertiary alicyclic amines) is 1. The van der Waals surface area contributed by atoms with E-state index < -0.39 is 4.92 Å². The van der Waals surface area contributed by atoms with E-state index in [9.17, 15) is 15.2 Å². The van der Waals surface area contributed by atoms with Crippen LogP contribution in [0.5, 0.6) is 0 Å². The van der Waals surface area contributed by atoms with Gasteiger partial charge in [0, 0.05) is 25.3 Å². The van der Waals surface area contributed by atoms with Crippen LogP contribution in [0.15, 0.2) is 40.8 Å². The minimum atomic E-state index is -0.393. The van der Waals surface area contributed by atoms with Gasteiger partial charge in [-0.05, 0) is 43.9 Å². The lowest BCUT2D eigenvalue weighted by atomic mass is 9.94. The van der Waals surface area contributed by atoms with Crippen LogP contribution in [-0.4, -0.2) is 34.1 Å². The second-order valence-corrected chi connectivity index (χ2v) is 6.44. The van der Waals surface area contributed by atoms with Gasteiger partial charge in [0.1, 0.15) is 11.5 Å². The van der Waals surface area contributed by atoms with E-state index in [2.05, 4.69) is 11.8 Å². The van der Waals surface area contributed by atoms with Crippen LogP contribution in [0.25, 0.3) is 11.3 Å². The van der Waals surface area contributed by atoms with Crippen molar-refractivity contribution in [3.05, 3.63) is 52.3 Å². The van der Waals surface area contributed by atoms with Gasteiger partial charge < -0.3 is 9.52 Å². The van der Waals surface area contributed by atoms with Crippen LogP contribution >= 0.6 is 0 Å². The molecular formula is C18H22N2O4. The van der Waals surface area contributed by atoms with Gasteiger partial charge in [-0.25, -0.2) is 0 Å². The Morgan fingerprint density at radius 1 is 1.29 bits per heavy atom. The van der Waals surface area contributed by atoms with Crippen molar-refractivity contribution in [2.24, 2.45) is 5.92 Å². The number of hydrogen-bond donors (Lipinski definition) is 1. The predicted molar refractivity (Wildman–Crippen MR) is 90.5 cm³/mol. The fourth-order valence-corrected chi connectivity index (χ4v) is 3.28. The number of nitrogens with zero attached hydrogens (tertiary/aromatic N) is 2. The lowest BCUT2D eigenvalue weighted by Crippen LogP contribution is -2.42. The Kier molecular flexibility index (Phi) is 4.97. The summed E-state index contributed by atoms with van der Waals surface area (Å²) in [6.45, 7) is 3.89. The lowest BCUT2D eigenvalue weighted by Gasteiger charge is -2.36. The summed E-state index contributed by atoms with van der Waals surface area (Å²) in [5.74, 6) is 1.61. The number of benzene rings is 1. The van der Waals surface area contributed by atoms with E-state index in [0.717, 1.165) is 25.1 Å². The molecule has 24 heavy (non-hydrogen) atoms. The van der Waals surface area contributed by atoms with Gasteiger partial charge in [0.2, 0.25) is 0 Å². The molecule has 6 heteroatoms. The number of para-hydroxylation sites is 1. The van der Waals surface area contributed by atoms with E-state index in [1.165, 1.54) is 6.07 Å². The third-order valence-corrected chi connectivity index (χ3v) is 4.75. The zero-order chi connectivity index (χ0) is 17.1. The molecule has 6 nitrogen and oxygen atoms in total. The number of nitro benzene ring substituents is 1. The minimum absolute atomic E-state index is 0.0464. The highest BCUT2D eigenvalue weighted by atomic mass is 16.6. The highest BCUT2D eigenvalue weighted by molar-refractivity contribution is 5.69. The molecule has 1 saturated heterocycles. The molecule has 1 aromatic carbocycles. The smallest absolute Gasteiger partial charge is 0.280 e. The molecule has 128 valence electrons. The number of aliphatic hydroxyl groups is 1. The van der Waals surface area contributed by atoms with Crippen molar-refractivity contribution in [1.29, 1.82) is 0 Å². The molecule has 0 saturated carbocycles. The molecule has 1 N–H and O–H groups in total. The SMILES string of the molecule is CC1CCC(CO)CN1Cc1ccc(-c2ccccc2[N+](=O)[O-])o1. The number of piperidine rings is 1. The van der Waals surface area contributed by atoms with Crippen molar-refractivity contribution < 1.29 is 14.4 Å². The van der Waals surface area contributed by atoms with E-state index in [4.69, 9.17) is 4.42 Å². The van der Waals surface area contributed by atoms with E-state index in [0.29, 0.717) is 29.8 Å². The first kappa shape index (κ1) is 16.7. The quantitative estimate of drug-likeness (QED) is 0.671. The number of aliphatic hydroxyl groups excluding tert-OH is 1. The zero-order valence-corrected chi connectivity index (χ0v) is 13.7. The molecular weight excluding hydrogens is 308 g/mol. The fraction of sp³-hybridized carbons (Fsp3) is 0.444. The molecule has 1 fully saturated rings. The molecule has 0 radical (unpaired) electrons. The van der Waals surface area contributed by atoms with Gasteiger partial charge in [-0.15, -0.1) is 0 Å². The summed E-state index contributed by atoms with van der Waals surface area (Å²) >= 11 is 0. The molecule has 2 atom stereocenters. The van der Waals surface area contributed by atoms with Crippen molar-refractivity contribution in [1.82, 2.24) is 4.90 Å². The average molecular weight is 330 g/mol. The maximum atomic E-state index is 11.2. The first-order chi connectivity index (χ1) is 11.6. The summed E-state index contributed by atoms with van der Waals surface area (Å²) in [5.41, 5.74) is 0.541. The minimum Gasteiger partial charge on any atom is -0.459 e. The van der Waals surface area contributed by atoms with E-state index in [1.807, 2.05) is 6.07 Å². The van der Waals surface area contributed by atoms with Gasteiger partial charge in [0.25, 0.3) is 5.69 Å². The normalized spacial score (nSPS) is 21.8. The second-order valence-electron chi connectivity index (χ2n) is 6.44. The standard InChI is InChI=1S/C18H22N2O4/c1-13-6-7-14(12-21)10-19(13)11-15-8-9-18(24-15)16-4-2-3-5-17(16)20(22)23/h2-5,8-9,13-14,21H,6-7,10-12H2,1H3. The van der Waals surface area contributed by atoms with Gasteiger partial charge in [0.15, 0.2) is 0 Å². The average Bonchev–Trinajstić information content (AvgIpc) is 3.05. The summed E-state index contributed by atoms with van der Waals surface area (Å²) < 4.78 is 5.87. The topological polar surface area (TPSA) is 79.8 Å². The van der Waals surface area contributed by atoms with Crippen LogP contribution in [0.1, 0.15) is 25.5 Å². The van der Waals surface area contributed by atoms with Gasteiger partial charge in [-0.2, -0.15) is 0 Å². The maximum Gasteiger partial charge on any atom is 0.280 e. The van der Waals surface area contributed by atoms with Gasteiger partial charge in [-0.1, -0.05) is 12.1 Å². The summed E-state index contributed by atoms with van der Waals surface area (Å²) in [7, 11) is 0. The van der Waals surface area contributed by atoms with Gasteiger partial charge in [-0.3, -0.25) is 15.0 Å². The molecule has 1 aliphatic rings. The maximum absolute atomic E-state index is 11.2. The number of rotatable bonds is 5. The third kappa shape index (κ3) is 3.49. The van der Waals surface area contributed by atoms with Crippen LogP contribution in [0.3, 0.4) is 0 Å². The molecule has 0 amide bonds. The molecule has 3 rings (SSSR count). The third-order valence-electron chi connectivity index (χ3n) is 4.75. The monoisotopic (exact) mass is 330 g/mol. The molecule has 1 aromatic heterocycles. The van der Waals surface area contributed by atoms with Gasteiger partial charge >= 0.3 is 0 Å². The molecule has 1 aliphatic heterocycles. The largest absolute Gasteiger partial charge is 0.459 e. The lowest BCUT2D eigenvalue weighted by molar-refractivity contribution is -0.384. The van der Waals surface area contributed by atoms with E-state index >= 15 is 0 Å². The van der Waals surface area contributed by atoms with Crippen molar-refractivity contribution in [3.8, 4) is 11.3 Å².